The molecule has 0 fully saturated rings. The van der Waals surface area contributed by atoms with Crippen molar-refractivity contribution in [3.63, 3.8) is 0 Å². The number of aryl methyl sites for hydroxylation is 6. The molecule has 0 saturated heterocycles. The second kappa shape index (κ2) is 8.14. The van der Waals surface area contributed by atoms with Gasteiger partial charge in [0.25, 0.3) is 0 Å². The third kappa shape index (κ3) is 4.51. The van der Waals surface area contributed by atoms with Crippen molar-refractivity contribution >= 4 is 24.9 Å². The van der Waals surface area contributed by atoms with Crippen LogP contribution in [0.15, 0.2) is 24.3 Å². The molecule has 2 aromatic carbocycles. The second-order valence-electron chi connectivity index (χ2n) is 7.14. The third-order valence-corrected chi connectivity index (χ3v) is 6.58. The first-order valence-corrected chi connectivity index (χ1v) is 10.3. The van der Waals surface area contributed by atoms with E-state index in [4.69, 9.17) is 0 Å². The Labute approximate surface area is 161 Å². The number of hydrogen-bond donors (Lipinski definition) is 1. The number of carboxylic acid groups (broad SMARTS) is 1. The van der Waals surface area contributed by atoms with Crippen LogP contribution in [0.2, 0.25) is 0 Å². The van der Waals surface area contributed by atoms with Gasteiger partial charge in [0.2, 0.25) is 0 Å². The van der Waals surface area contributed by atoms with Crippen molar-refractivity contribution in [1.82, 2.24) is 0 Å². The highest BCUT2D eigenvalue weighted by molar-refractivity contribution is 7.90. The molecule has 0 heterocycles. The molecule has 0 bridgehead atoms. The quantitative estimate of drug-likeness (QED) is 0.705. The largest absolute Gasteiger partial charge is 0.481 e. The van der Waals surface area contributed by atoms with Gasteiger partial charge in [-0.2, -0.15) is 0 Å². The summed E-state index contributed by atoms with van der Waals surface area (Å²) < 4.78 is 0. The number of carboxylic acids is 1. The maximum atomic E-state index is 13.3. The Morgan fingerprint density at radius 3 is 1.26 bits per heavy atom. The van der Waals surface area contributed by atoms with Crippen LogP contribution in [0.4, 0.5) is 0 Å². The Morgan fingerprint density at radius 1 is 0.704 bits per heavy atom. The topological polar surface area (TPSA) is 71.4 Å². The lowest BCUT2D eigenvalue weighted by atomic mass is 10.0. The second-order valence-corrected chi connectivity index (χ2v) is 9.12. The Hall–Kier alpha value is -2.32. The number of hydrogen-bond acceptors (Lipinski definition) is 3. The zero-order valence-corrected chi connectivity index (χ0v) is 17.5. The first-order valence-electron chi connectivity index (χ1n) is 8.76. The molecule has 0 aliphatic carbocycles. The molecular formula is C22H25O4P. The standard InChI is InChI=1S/C22H25O4P/c1-12-7-14(3)19(15(4)8-12)21(25)27(11-18(23)24)22(26)20-16(5)9-13(2)10-17(20)6/h7-10H,11H2,1-6H3,(H,23,24). The molecule has 0 aliphatic rings. The van der Waals surface area contributed by atoms with Crippen molar-refractivity contribution in [3.8, 4) is 0 Å². The Morgan fingerprint density at radius 2 is 1.00 bits per heavy atom. The smallest absolute Gasteiger partial charge is 0.308 e. The number of aliphatic carboxylic acids is 1. The van der Waals surface area contributed by atoms with Crippen LogP contribution in [0.1, 0.15) is 54.1 Å². The van der Waals surface area contributed by atoms with E-state index in [2.05, 4.69) is 0 Å². The van der Waals surface area contributed by atoms with Gasteiger partial charge in [0, 0.05) is 11.1 Å². The van der Waals surface area contributed by atoms with Gasteiger partial charge in [-0.05, 0) is 63.8 Å². The minimum atomic E-state index is -2.04. The normalized spacial score (nSPS) is 10.9. The zero-order chi connectivity index (χ0) is 20.5. The molecule has 142 valence electrons. The van der Waals surface area contributed by atoms with Gasteiger partial charge < -0.3 is 5.11 Å². The van der Waals surface area contributed by atoms with Gasteiger partial charge in [-0.3, -0.25) is 14.4 Å². The van der Waals surface area contributed by atoms with E-state index in [9.17, 15) is 19.5 Å². The molecule has 0 atom stereocenters. The van der Waals surface area contributed by atoms with Gasteiger partial charge in [0.05, 0.1) is 14.1 Å². The molecule has 0 aromatic heterocycles. The molecule has 4 nitrogen and oxygen atoms in total. The van der Waals surface area contributed by atoms with E-state index in [1.807, 2.05) is 65.8 Å². The maximum Gasteiger partial charge on any atom is 0.308 e. The van der Waals surface area contributed by atoms with Crippen molar-refractivity contribution in [3.05, 3.63) is 68.8 Å². The van der Waals surface area contributed by atoms with Gasteiger partial charge >= 0.3 is 5.97 Å². The molecule has 0 saturated carbocycles. The van der Waals surface area contributed by atoms with Gasteiger partial charge in [-0.25, -0.2) is 0 Å². The SMILES string of the molecule is Cc1cc(C)c(C(=O)P(CC(=O)O)C(=O)c2c(C)cc(C)cc2C)c(C)c1. The van der Waals surface area contributed by atoms with E-state index in [-0.39, 0.29) is 11.0 Å². The first kappa shape index (κ1) is 21.0. The highest BCUT2D eigenvalue weighted by atomic mass is 31.1. The summed E-state index contributed by atoms with van der Waals surface area (Å²) in [5.74, 6) is -1.13. The van der Waals surface area contributed by atoms with Gasteiger partial charge in [-0.15, -0.1) is 0 Å². The fraction of sp³-hybridized carbons (Fsp3) is 0.318. The Bertz CT molecular complexity index is 828. The van der Waals surface area contributed by atoms with Crippen molar-refractivity contribution in [2.75, 3.05) is 6.16 Å². The van der Waals surface area contributed by atoms with Crippen LogP contribution in [-0.2, 0) is 4.79 Å². The summed E-state index contributed by atoms with van der Waals surface area (Å²) in [6.07, 6.45) is -0.452. The van der Waals surface area contributed by atoms with E-state index < -0.39 is 20.1 Å². The fourth-order valence-electron chi connectivity index (χ4n) is 3.68. The molecule has 2 aromatic rings. The lowest BCUT2D eigenvalue weighted by molar-refractivity contribution is -0.134. The van der Waals surface area contributed by atoms with Crippen LogP contribution in [0.5, 0.6) is 0 Å². The first-order chi connectivity index (χ1) is 12.5. The predicted octanol–water partition coefficient (Wildman–Crippen LogP) is 5.08. The molecule has 2 rings (SSSR count). The summed E-state index contributed by atoms with van der Waals surface area (Å²) in [6.45, 7) is 11.2. The van der Waals surface area contributed by atoms with E-state index >= 15 is 0 Å². The molecule has 0 radical (unpaired) electrons. The molecule has 0 amide bonds. The molecule has 1 N–H and O–H groups in total. The molecule has 0 unspecified atom stereocenters. The lowest BCUT2D eigenvalue weighted by Crippen LogP contribution is -2.17. The van der Waals surface area contributed by atoms with Gasteiger partial charge in [0.1, 0.15) is 0 Å². The predicted molar refractivity (Wildman–Crippen MR) is 109 cm³/mol. The average molecular weight is 384 g/mol. The van der Waals surface area contributed by atoms with Crippen LogP contribution in [-0.4, -0.2) is 28.3 Å². The summed E-state index contributed by atoms with van der Waals surface area (Å²) in [5.41, 5.74) is 5.41. The summed E-state index contributed by atoms with van der Waals surface area (Å²) in [6, 6.07) is 7.56. The molecule has 0 aliphatic heterocycles. The highest BCUT2D eigenvalue weighted by Gasteiger charge is 2.33. The van der Waals surface area contributed by atoms with Crippen LogP contribution in [0.3, 0.4) is 0 Å². The van der Waals surface area contributed by atoms with E-state index in [1.54, 1.807) is 0 Å². The summed E-state index contributed by atoms with van der Waals surface area (Å²) in [4.78, 5) is 38.0. The average Bonchev–Trinajstić information content (AvgIpc) is 2.49. The molecule has 0 spiro atoms. The fourth-order valence-corrected chi connectivity index (χ4v) is 5.66. The summed E-state index contributed by atoms with van der Waals surface area (Å²) in [7, 11) is -2.04. The van der Waals surface area contributed by atoms with Gasteiger partial charge in [0.15, 0.2) is 11.0 Å². The number of carbonyl (C=O) groups is 3. The number of rotatable bonds is 6. The maximum absolute atomic E-state index is 13.3. The lowest BCUT2D eigenvalue weighted by Gasteiger charge is -2.19. The minimum absolute atomic E-state index is 0.355. The molecular weight excluding hydrogens is 359 g/mol. The van der Waals surface area contributed by atoms with Crippen molar-refractivity contribution in [1.29, 1.82) is 0 Å². The van der Waals surface area contributed by atoms with Crippen molar-refractivity contribution in [2.24, 2.45) is 0 Å². The summed E-state index contributed by atoms with van der Waals surface area (Å²) in [5, 5.41) is 9.35. The Balaban J connectivity index is 2.58. The number of benzene rings is 2. The van der Waals surface area contributed by atoms with E-state index in [1.165, 1.54) is 0 Å². The van der Waals surface area contributed by atoms with Crippen LogP contribution < -0.4 is 0 Å². The molecule has 27 heavy (non-hydrogen) atoms. The highest BCUT2D eigenvalue weighted by Crippen LogP contribution is 2.45. The van der Waals surface area contributed by atoms with Gasteiger partial charge in [-0.1, -0.05) is 35.4 Å². The van der Waals surface area contributed by atoms with Crippen LogP contribution in [0.25, 0.3) is 0 Å². The van der Waals surface area contributed by atoms with Crippen LogP contribution in [0, 0.1) is 41.5 Å². The van der Waals surface area contributed by atoms with Crippen molar-refractivity contribution in [2.45, 2.75) is 41.5 Å². The zero-order valence-electron chi connectivity index (χ0n) is 16.6. The number of carbonyl (C=O) groups excluding carboxylic acids is 2. The molecule has 5 heteroatoms. The summed E-state index contributed by atoms with van der Waals surface area (Å²) >= 11 is 0. The van der Waals surface area contributed by atoms with Crippen molar-refractivity contribution < 1.29 is 19.5 Å². The van der Waals surface area contributed by atoms with E-state index in [0.29, 0.717) is 11.1 Å². The third-order valence-electron chi connectivity index (χ3n) is 4.57. The van der Waals surface area contributed by atoms with Crippen LogP contribution >= 0.6 is 7.92 Å². The van der Waals surface area contributed by atoms with E-state index in [0.717, 1.165) is 33.4 Å². The minimum Gasteiger partial charge on any atom is -0.481 e. The Kier molecular flexibility index (Phi) is 6.33. The monoisotopic (exact) mass is 384 g/mol.